The van der Waals surface area contributed by atoms with E-state index in [0.717, 1.165) is 44.4 Å². The van der Waals surface area contributed by atoms with Gasteiger partial charge in [-0.05, 0) is 37.7 Å². The van der Waals surface area contributed by atoms with Crippen LogP contribution >= 0.6 is 24.0 Å². The van der Waals surface area contributed by atoms with Crippen molar-refractivity contribution in [2.45, 2.75) is 52.9 Å². The van der Waals surface area contributed by atoms with Crippen molar-refractivity contribution in [3.8, 4) is 0 Å². The van der Waals surface area contributed by atoms with Crippen molar-refractivity contribution in [2.24, 2.45) is 18.0 Å². The van der Waals surface area contributed by atoms with Crippen molar-refractivity contribution in [3.63, 3.8) is 0 Å². The van der Waals surface area contributed by atoms with Gasteiger partial charge in [0.25, 0.3) is 0 Å². The van der Waals surface area contributed by atoms with Gasteiger partial charge < -0.3 is 10.6 Å². The Hall–Kier alpha value is -0.790. The molecule has 0 aliphatic heterocycles. The minimum absolute atomic E-state index is 0. The van der Waals surface area contributed by atoms with Gasteiger partial charge in [-0.2, -0.15) is 5.10 Å². The average Bonchev–Trinajstić information content (AvgIpc) is 2.88. The second-order valence-electron chi connectivity index (χ2n) is 6.20. The molecule has 0 atom stereocenters. The minimum Gasteiger partial charge on any atom is -0.357 e. The van der Waals surface area contributed by atoms with Crippen LogP contribution in [0.25, 0.3) is 0 Å². The molecule has 2 N–H and O–H groups in total. The fourth-order valence-corrected chi connectivity index (χ4v) is 2.30. The Morgan fingerprint density at radius 3 is 2.65 bits per heavy atom. The number of aryl methyl sites for hydroxylation is 2. The lowest BCUT2D eigenvalue weighted by Crippen LogP contribution is -2.37. The first kappa shape index (κ1) is 22.2. The molecule has 0 fully saturated rings. The Morgan fingerprint density at radius 2 is 2.04 bits per heavy atom. The van der Waals surface area contributed by atoms with E-state index in [1.807, 2.05) is 17.9 Å². The zero-order valence-corrected chi connectivity index (χ0v) is 17.5. The van der Waals surface area contributed by atoms with Gasteiger partial charge in [0.2, 0.25) is 0 Å². The number of aromatic nitrogens is 2. The highest BCUT2D eigenvalue weighted by Crippen LogP contribution is 2.05. The summed E-state index contributed by atoms with van der Waals surface area (Å²) in [6, 6.07) is 0. The highest BCUT2D eigenvalue weighted by atomic mass is 127. The third-order valence-corrected chi connectivity index (χ3v) is 3.50. The van der Waals surface area contributed by atoms with Gasteiger partial charge in [0.15, 0.2) is 5.96 Å². The normalized spacial score (nSPS) is 11.4. The lowest BCUT2D eigenvalue weighted by atomic mass is 10.1. The molecule has 1 aromatic rings. The molecule has 1 heterocycles. The largest absolute Gasteiger partial charge is 0.357 e. The number of aliphatic imine (C=N–C) groups is 1. The fraction of sp³-hybridized carbons (Fsp3) is 0.765. The maximum Gasteiger partial charge on any atom is 0.191 e. The van der Waals surface area contributed by atoms with Gasteiger partial charge in [-0.15, -0.1) is 24.0 Å². The quantitative estimate of drug-likeness (QED) is 0.257. The van der Waals surface area contributed by atoms with Gasteiger partial charge in [-0.1, -0.05) is 26.7 Å². The van der Waals surface area contributed by atoms with Gasteiger partial charge >= 0.3 is 0 Å². The topological polar surface area (TPSA) is 54.2 Å². The number of hydrogen-bond donors (Lipinski definition) is 2. The van der Waals surface area contributed by atoms with Crippen molar-refractivity contribution in [1.29, 1.82) is 0 Å². The molecule has 0 radical (unpaired) electrons. The number of guanidine groups is 1. The Balaban J connectivity index is 0.00000484. The van der Waals surface area contributed by atoms with Gasteiger partial charge in [0.1, 0.15) is 0 Å². The number of halogens is 1. The van der Waals surface area contributed by atoms with Crippen LogP contribution in [0.1, 0.15) is 52.0 Å². The molecule has 1 aromatic heterocycles. The van der Waals surface area contributed by atoms with Crippen molar-refractivity contribution in [3.05, 3.63) is 18.0 Å². The van der Waals surface area contributed by atoms with E-state index in [4.69, 9.17) is 0 Å². The molecule has 0 amide bonds. The van der Waals surface area contributed by atoms with Crippen LogP contribution in [0.3, 0.4) is 0 Å². The van der Waals surface area contributed by atoms with Crippen molar-refractivity contribution in [1.82, 2.24) is 20.4 Å². The summed E-state index contributed by atoms with van der Waals surface area (Å²) >= 11 is 0. The lowest BCUT2D eigenvalue weighted by molar-refractivity contribution is 0.534. The van der Waals surface area contributed by atoms with E-state index < -0.39 is 0 Å². The Labute approximate surface area is 158 Å². The first-order chi connectivity index (χ1) is 10.6. The molecule has 0 spiro atoms. The van der Waals surface area contributed by atoms with Gasteiger partial charge in [-0.25, -0.2) is 0 Å². The van der Waals surface area contributed by atoms with E-state index in [1.54, 1.807) is 0 Å². The van der Waals surface area contributed by atoms with Crippen LogP contribution in [0.15, 0.2) is 17.4 Å². The van der Waals surface area contributed by atoms with Crippen molar-refractivity contribution in [2.75, 3.05) is 19.6 Å². The zero-order valence-electron chi connectivity index (χ0n) is 15.1. The number of nitrogens with zero attached hydrogens (tertiary/aromatic N) is 3. The van der Waals surface area contributed by atoms with E-state index in [1.165, 1.54) is 24.8 Å². The monoisotopic (exact) mass is 435 g/mol. The second-order valence-corrected chi connectivity index (χ2v) is 6.20. The third-order valence-electron chi connectivity index (χ3n) is 3.50. The first-order valence-corrected chi connectivity index (χ1v) is 8.61. The van der Waals surface area contributed by atoms with Crippen LogP contribution in [-0.2, 0) is 13.5 Å². The van der Waals surface area contributed by atoms with Crippen LogP contribution in [-0.4, -0.2) is 35.4 Å². The molecule has 0 aromatic carbocycles. The predicted molar refractivity (Wildman–Crippen MR) is 110 cm³/mol. The Kier molecular flexibility index (Phi) is 13.2. The summed E-state index contributed by atoms with van der Waals surface area (Å²) in [5.41, 5.74) is 1.28. The number of hydrogen-bond acceptors (Lipinski definition) is 2. The molecule has 0 saturated carbocycles. The molecule has 0 aliphatic carbocycles. The standard InChI is InChI=1S/C17H33N5.HI/c1-5-18-17(19-11-7-6-9-15(2)3)20-12-8-10-16-13-21-22(4)14-16;/h13-15H,5-12H2,1-4H3,(H2,18,19,20);1H. The predicted octanol–water partition coefficient (Wildman–Crippen LogP) is 3.35. The van der Waals surface area contributed by atoms with E-state index in [9.17, 15) is 0 Å². The van der Waals surface area contributed by atoms with E-state index in [0.29, 0.717) is 0 Å². The molecular formula is C17H34IN5. The second kappa shape index (κ2) is 13.6. The summed E-state index contributed by atoms with van der Waals surface area (Å²) in [5.74, 6) is 1.74. The third kappa shape index (κ3) is 11.4. The van der Waals surface area contributed by atoms with Crippen LogP contribution < -0.4 is 10.6 Å². The van der Waals surface area contributed by atoms with E-state index >= 15 is 0 Å². The number of unbranched alkanes of at least 4 members (excludes halogenated alkanes) is 1. The van der Waals surface area contributed by atoms with E-state index in [2.05, 4.69) is 47.7 Å². The molecule has 134 valence electrons. The molecule has 23 heavy (non-hydrogen) atoms. The summed E-state index contributed by atoms with van der Waals surface area (Å²) < 4.78 is 1.85. The van der Waals surface area contributed by atoms with Crippen molar-refractivity contribution < 1.29 is 0 Å². The molecule has 1 rings (SSSR count). The summed E-state index contributed by atoms with van der Waals surface area (Å²) in [5, 5.41) is 10.9. The average molecular weight is 435 g/mol. The summed E-state index contributed by atoms with van der Waals surface area (Å²) in [4.78, 5) is 4.64. The van der Waals surface area contributed by atoms with Crippen LogP contribution in [0, 0.1) is 5.92 Å². The summed E-state index contributed by atoms with van der Waals surface area (Å²) in [6.07, 6.45) is 9.88. The molecule has 0 bridgehead atoms. The van der Waals surface area contributed by atoms with Gasteiger partial charge in [0, 0.05) is 32.9 Å². The van der Waals surface area contributed by atoms with Crippen molar-refractivity contribution >= 4 is 29.9 Å². The van der Waals surface area contributed by atoms with Gasteiger partial charge in [-0.3, -0.25) is 9.67 Å². The summed E-state index contributed by atoms with van der Waals surface area (Å²) in [6.45, 7) is 9.41. The summed E-state index contributed by atoms with van der Waals surface area (Å²) in [7, 11) is 1.95. The Morgan fingerprint density at radius 1 is 1.26 bits per heavy atom. The first-order valence-electron chi connectivity index (χ1n) is 8.61. The zero-order chi connectivity index (χ0) is 16.2. The number of nitrogens with one attached hydrogen (secondary N) is 2. The maximum absolute atomic E-state index is 4.64. The maximum atomic E-state index is 4.64. The van der Waals surface area contributed by atoms with Gasteiger partial charge in [0.05, 0.1) is 6.20 Å². The fourth-order valence-electron chi connectivity index (χ4n) is 2.30. The molecule has 0 saturated heterocycles. The lowest BCUT2D eigenvalue weighted by Gasteiger charge is -2.11. The van der Waals surface area contributed by atoms with Crippen LogP contribution in [0.4, 0.5) is 0 Å². The smallest absolute Gasteiger partial charge is 0.191 e. The van der Waals surface area contributed by atoms with E-state index in [-0.39, 0.29) is 24.0 Å². The molecule has 0 aliphatic rings. The minimum atomic E-state index is 0. The van der Waals surface area contributed by atoms with Crippen LogP contribution in [0.2, 0.25) is 0 Å². The molecular weight excluding hydrogens is 401 g/mol. The SMILES string of the molecule is CCNC(=NCCCc1cnn(C)c1)NCCCCC(C)C.I. The molecule has 5 nitrogen and oxygen atoms in total. The molecule has 0 unspecified atom stereocenters. The Bertz CT molecular complexity index is 428. The number of rotatable bonds is 10. The molecule has 6 heteroatoms. The highest BCUT2D eigenvalue weighted by molar-refractivity contribution is 14.0. The van der Waals surface area contributed by atoms with Crippen LogP contribution in [0.5, 0.6) is 0 Å². The highest BCUT2D eigenvalue weighted by Gasteiger charge is 1.99.